The predicted molar refractivity (Wildman–Crippen MR) is 99.2 cm³/mol. The van der Waals surface area contributed by atoms with Crippen molar-refractivity contribution in [2.75, 3.05) is 5.32 Å². The van der Waals surface area contributed by atoms with Crippen molar-refractivity contribution in [2.45, 2.75) is 0 Å². The van der Waals surface area contributed by atoms with Gasteiger partial charge in [0, 0.05) is 16.1 Å². The molecule has 3 aromatic rings. The Kier molecular flexibility index (Phi) is 5.11. The molecule has 3 N–H and O–H groups in total. The number of benzene rings is 1. The molecule has 0 radical (unpaired) electrons. The number of hydrogen-bond acceptors (Lipinski definition) is 5. The molecule has 126 valence electrons. The molecule has 2 amide bonds. The number of nitrogens with one attached hydrogen (secondary N) is 1. The molecule has 0 saturated heterocycles. The van der Waals surface area contributed by atoms with Gasteiger partial charge < -0.3 is 15.8 Å². The molecule has 0 saturated carbocycles. The SMILES string of the molecule is NC(=O)c1cccc(Oc2ccc(NC(=O)c3sccc3Br)cn2)c1. The number of pyridine rings is 1. The zero-order chi connectivity index (χ0) is 17.8. The van der Waals surface area contributed by atoms with Gasteiger partial charge in [-0.15, -0.1) is 11.3 Å². The van der Waals surface area contributed by atoms with Crippen LogP contribution in [0.1, 0.15) is 20.0 Å². The number of primary amides is 1. The van der Waals surface area contributed by atoms with Crippen LogP contribution in [0.3, 0.4) is 0 Å². The third kappa shape index (κ3) is 4.23. The molecule has 2 aromatic heterocycles. The quantitative estimate of drug-likeness (QED) is 0.654. The maximum absolute atomic E-state index is 12.1. The van der Waals surface area contributed by atoms with E-state index >= 15 is 0 Å². The molecule has 6 nitrogen and oxygen atoms in total. The van der Waals surface area contributed by atoms with E-state index in [4.69, 9.17) is 10.5 Å². The Morgan fingerprint density at radius 2 is 2.04 bits per heavy atom. The fourth-order valence-corrected chi connectivity index (χ4v) is 3.44. The summed E-state index contributed by atoms with van der Waals surface area (Å²) in [5, 5.41) is 4.59. The number of carbonyl (C=O) groups is 2. The topological polar surface area (TPSA) is 94.3 Å². The van der Waals surface area contributed by atoms with Crippen molar-refractivity contribution in [1.29, 1.82) is 0 Å². The fraction of sp³-hybridized carbons (Fsp3) is 0. The maximum Gasteiger partial charge on any atom is 0.266 e. The summed E-state index contributed by atoms with van der Waals surface area (Å²) in [4.78, 5) is 28.1. The van der Waals surface area contributed by atoms with Crippen LogP contribution in [-0.4, -0.2) is 16.8 Å². The number of anilines is 1. The highest BCUT2D eigenvalue weighted by molar-refractivity contribution is 9.10. The van der Waals surface area contributed by atoms with Crippen LogP contribution in [0.15, 0.2) is 58.5 Å². The molecule has 0 unspecified atom stereocenters. The van der Waals surface area contributed by atoms with E-state index in [9.17, 15) is 9.59 Å². The lowest BCUT2D eigenvalue weighted by Gasteiger charge is -2.07. The lowest BCUT2D eigenvalue weighted by molar-refractivity contribution is 0.0997. The zero-order valence-electron chi connectivity index (χ0n) is 12.7. The van der Waals surface area contributed by atoms with Gasteiger partial charge >= 0.3 is 0 Å². The summed E-state index contributed by atoms with van der Waals surface area (Å²) in [5.41, 5.74) is 6.14. The molecular weight excluding hydrogens is 406 g/mol. The van der Waals surface area contributed by atoms with Gasteiger partial charge in [0.05, 0.1) is 11.9 Å². The standard InChI is InChI=1S/C17H12BrN3O3S/c18-13-6-7-25-15(13)17(23)21-11-4-5-14(20-9-11)24-12-3-1-2-10(8-12)16(19)22/h1-9H,(H2,19,22)(H,21,23). The molecule has 1 aromatic carbocycles. The molecule has 0 aliphatic heterocycles. The van der Waals surface area contributed by atoms with Crippen molar-refractivity contribution in [2.24, 2.45) is 5.73 Å². The first-order chi connectivity index (χ1) is 12.0. The first-order valence-corrected chi connectivity index (χ1v) is 8.78. The molecule has 0 bridgehead atoms. The van der Waals surface area contributed by atoms with Crippen LogP contribution in [0, 0.1) is 0 Å². The number of carbonyl (C=O) groups excluding carboxylic acids is 2. The molecule has 0 fully saturated rings. The number of nitrogens with two attached hydrogens (primary N) is 1. The van der Waals surface area contributed by atoms with Crippen LogP contribution in [0.2, 0.25) is 0 Å². The van der Waals surface area contributed by atoms with Crippen LogP contribution in [0.25, 0.3) is 0 Å². The van der Waals surface area contributed by atoms with E-state index in [0.717, 1.165) is 4.47 Å². The number of nitrogens with zero attached hydrogens (tertiary/aromatic N) is 1. The van der Waals surface area contributed by atoms with Gasteiger partial charge in [0.2, 0.25) is 11.8 Å². The highest BCUT2D eigenvalue weighted by Gasteiger charge is 2.12. The Morgan fingerprint density at radius 3 is 2.68 bits per heavy atom. The Labute approximate surface area is 155 Å². The minimum absolute atomic E-state index is 0.216. The maximum atomic E-state index is 12.1. The van der Waals surface area contributed by atoms with E-state index in [1.165, 1.54) is 23.6 Å². The van der Waals surface area contributed by atoms with Gasteiger partial charge in [-0.1, -0.05) is 6.07 Å². The number of rotatable bonds is 5. The van der Waals surface area contributed by atoms with Crippen molar-refractivity contribution in [3.8, 4) is 11.6 Å². The van der Waals surface area contributed by atoms with Crippen molar-refractivity contribution < 1.29 is 14.3 Å². The fourth-order valence-electron chi connectivity index (χ4n) is 1.99. The highest BCUT2D eigenvalue weighted by atomic mass is 79.9. The van der Waals surface area contributed by atoms with E-state index in [2.05, 4.69) is 26.2 Å². The second kappa shape index (κ2) is 7.45. The van der Waals surface area contributed by atoms with Crippen LogP contribution in [0.4, 0.5) is 5.69 Å². The van der Waals surface area contributed by atoms with Gasteiger partial charge in [0.15, 0.2) is 0 Å². The van der Waals surface area contributed by atoms with Crippen molar-refractivity contribution in [3.05, 3.63) is 69.0 Å². The Bertz CT molecular complexity index is 925. The Hall–Kier alpha value is -2.71. The number of ether oxygens (including phenoxy) is 1. The summed E-state index contributed by atoms with van der Waals surface area (Å²) in [6.45, 7) is 0. The number of aromatic nitrogens is 1. The molecule has 0 aliphatic rings. The smallest absolute Gasteiger partial charge is 0.266 e. The van der Waals surface area contributed by atoms with Crippen molar-refractivity contribution in [3.63, 3.8) is 0 Å². The summed E-state index contributed by atoms with van der Waals surface area (Å²) in [7, 11) is 0. The minimum atomic E-state index is -0.531. The summed E-state index contributed by atoms with van der Waals surface area (Å²) in [5.74, 6) is 0.0303. The first-order valence-electron chi connectivity index (χ1n) is 7.11. The average molecular weight is 418 g/mol. The number of hydrogen-bond donors (Lipinski definition) is 2. The van der Waals surface area contributed by atoms with Gasteiger partial charge in [-0.05, 0) is 51.6 Å². The lowest BCUT2D eigenvalue weighted by Crippen LogP contribution is -2.11. The zero-order valence-corrected chi connectivity index (χ0v) is 15.1. The Balaban J connectivity index is 1.68. The van der Waals surface area contributed by atoms with Crippen molar-refractivity contribution in [1.82, 2.24) is 4.98 Å². The summed E-state index contributed by atoms with van der Waals surface area (Å²) < 4.78 is 6.33. The molecule has 0 aliphatic carbocycles. The van der Waals surface area contributed by atoms with E-state index in [0.29, 0.717) is 27.8 Å². The highest BCUT2D eigenvalue weighted by Crippen LogP contribution is 2.25. The molecule has 8 heteroatoms. The van der Waals surface area contributed by atoms with Gasteiger partial charge in [-0.2, -0.15) is 0 Å². The number of halogens is 1. The normalized spacial score (nSPS) is 10.3. The van der Waals surface area contributed by atoms with Crippen LogP contribution in [0.5, 0.6) is 11.6 Å². The van der Waals surface area contributed by atoms with Gasteiger partial charge in [0.25, 0.3) is 5.91 Å². The van der Waals surface area contributed by atoms with Gasteiger partial charge in [-0.25, -0.2) is 4.98 Å². The third-order valence-electron chi connectivity index (χ3n) is 3.16. The number of amides is 2. The molecule has 3 rings (SSSR count). The molecule has 25 heavy (non-hydrogen) atoms. The minimum Gasteiger partial charge on any atom is -0.439 e. The summed E-state index contributed by atoms with van der Waals surface area (Å²) in [6, 6.07) is 11.6. The summed E-state index contributed by atoms with van der Waals surface area (Å²) in [6.07, 6.45) is 1.49. The van der Waals surface area contributed by atoms with E-state index in [1.54, 1.807) is 30.3 Å². The predicted octanol–water partition coefficient (Wildman–Crippen LogP) is 4.05. The van der Waals surface area contributed by atoms with Gasteiger partial charge in [0.1, 0.15) is 10.6 Å². The second-order valence-electron chi connectivity index (χ2n) is 4.93. The average Bonchev–Trinajstić information content (AvgIpc) is 3.03. The van der Waals surface area contributed by atoms with Crippen molar-refractivity contribution >= 4 is 44.8 Å². The monoisotopic (exact) mass is 417 g/mol. The Morgan fingerprint density at radius 1 is 1.20 bits per heavy atom. The molecule has 0 atom stereocenters. The van der Waals surface area contributed by atoms with Crippen LogP contribution < -0.4 is 15.8 Å². The van der Waals surface area contributed by atoms with E-state index < -0.39 is 5.91 Å². The first kappa shape index (κ1) is 17.1. The number of thiophene rings is 1. The molecular formula is C17H12BrN3O3S. The summed E-state index contributed by atoms with van der Waals surface area (Å²) >= 11 is 4.67. The molecule has 0 spiro atoms. The van der Waals surface area contributed by atoms with Crippen LogP contribution in [-0.2, 0) is 0 Å². The van der Waals surface area contributed by atoms with Gasteiger partial charge in [-0.3, -0.25) is 9.59 Å². The van der Waals surface area contributed by atoms with Crippen LogP contribution >= 0.6 is 27.3 Å². The second-order valence-corrected chi connectivity index (χ2v) is 6.70. The van der Waals surface area contributed by atoms with E-state index in [-0.39, 0.29) is 5.91 Å². The third-order valence-corrected chi connectivity index (χ3v) is 5.00. The van der Waals surface area contributed by atoms with E-state index in [1.807, 2.05) is 11.4 Å². The lowest BCUT2D eigenvalue weighted by atomic mass is 10.2. The molecule has 2 heterocycles. The largest absolute Gasteiger partial charge is 0.439 e.